The summed E-state index contributed by atoms with van der Waals surface area (Å²) >= 11 is 0. The second-order valence-electron chi connectivity index (χ2n) is 7.41. The Bertz CT molecular complexity index is 877. The fraction of sp³-hybridized carbons (Fsp3) is 0.409. The van der Waals surface area contributed by atoms with Crippen molar-refractivity contribution in [3.8, 4) is 11.5 Å². The van der Waals surface area contributed by atoms with Gasteiger partial charge in [-0.15, -0.1) is 0 Å². The van der Waals surface area contributed by atoms with E-state index in [9.17, 15) is 14.9 Å². The van der Waals surface area contributed by atoms with E-state index in [0.29, 0.717) is 17.4 Å². The van der Waals surface area contributed by atoms with Crippen LogP contribution in [0.2, 0.25) is 0 Å². The highest BCUT2D eigenvalue weighted by Gasteiger charge is 2.24. The molecular weight excluding hydrogens is 386 g/mol. The lowest BCUT2D eigenvalue weighted by molar-refractivity contribution is -0.384. The molecule has 8 nitrogen and oxygen atoms in total. The number of hydrogen-bond donors (Lipinski definition) is 1. The zero-order valence-corrected chi connectivity index (χ0v) is 17.3. The van der Waals surface area contributed by atoms with Crippen LogP contribution in [0.5, 0.6) is 11.5 Å². The SMILES string of the molecule is COc1ccc(OCCNC(=O)c2ccc(N3CCC(C)CC3)c([N+](=O)[O-])c2)cc1. The van der Waals surface area contributed by atoms with E-state index in [1.807, 2.05) is 4.90 Å². The Morgan fingerprint density at radius 2 is 1.83 bits per heavy atom. The molecule has 1 N–H and O–H groups in total. The fourth-order valence-electron chi connectivity index (χ4n) is 3.44. The van der Waals surface area contributed by atoms with Crippen LogP contribution in [0.3, 0.4) is 0 Å². The molecule has 1 saturated heterocycles. The number of nitrogens with zero attached hydrogens (tertiary/aromatic N) is 2. The van der Waals surface area contributed by atoms with Crippen LogP contribution in [0.25, 0.3) is 0 Å². The van der Waals surface area contributed by atoms with E-state index in [1.54, 1.807) is 43.5 Å². The average Bonchev–Trinajstić information content (AvgIpc) is 2.77. The van der Waals surface area contributed by atoms with Crippen LogP contribution in [0.4, 0.5) is 11.4 Å². The summed E-state index contributed by atoms with van der Waals surface area (Å²) in [6.45, 7) is 4.33. The van der Waals surface area contributed by atoms with Gasteiger partial charge in [-0.05, 0) is 55.2 Å². The lowest BCUT2D eigenvalue weighted by Gasteiger charge is -2.31. The predicted octanol–water partition coefficient (Wildman–Crippen LogP) is 3.65. The number of nitro groups is 1. The first kappa shape index (κ1) is 21.4. The van der Waals surface area contributed by atoms with Crippen LogP contribution < -0.4 is 19.7 Å². The fourth-order valence-corrected chi connectivity index (χ4v) is 3.44. The lowest BCUT2D eigenvalue weighted by Crippen LogP contribution is -2.33. The van der Waals surface area contributed by atoms with Crippen molar-refractivity contribution in [3.05, 3.63) is 58.1 Å². The maximum absolute atomic E-state index is 12.4. The highest BCUT2D eigenvalue weighted by Crippen LogP contribution is 2.32. The minimum absolute atomic E-state index is 0.0355. The van der Waals surface area contributed by atoms with Crippen molar-refractivity contribution in [2.24, 2.45) is 5.92 Å². The minimum atomic E-state index is -0.420. The number of benzene rings is 2. The summed E-state index contributed by atoms with van der Waals surface area (Å²) in [6.07, 6.45) is 2.02. The molecule has 1 heterocycles. The first-order valence-electron chi connectivity index (χ1n) is 10.1. The van der Waals surface area contributed by atoms with Crippen molar-refractivity contribution in [1.82, 2.24) is 5.32 Å². The molecule has 3 rings (SSSR count). The van der Waals surface area contributed by atoms with Gasteiger partial charge >= 0.3 is 0 Å². The van der Waals surface area contributed by atoms with E-state index < -0.39 is 4.92 Å². The number of hydrogen-bond acceptors (Lipinski definition) is 6. The lowest BCUT2D eigenvalue weighted by atomic mass is 9.98. The van der Waals surface area contributed by atoms with Crippen molar-refractivity contribution in [1.29, 1.82) is 0 Å². The van der Waals surface area contributed by atoms with E-state index in [1.165, 1.54) is 6.07 Å². The largest absolute Gasteiger partial charge is 0.497 e. The number of nitro benzene ring substituents is 1. The molecule has 0 saturated carbocycles. The Hall–Kier alpha value is -3.29. The third-order valence-corrected chi connectivity index (χ3v) is 5.27. The number of carbonyl (C=O) groups excluding carboxylic acids is 1. The average molecular weight is 413 g/mol. The summed E-state index contributed by atoms with van der Waals surface area (Å²) in [7, 11) is 1.59. The molecule has 2 aromatic carbocycles. The summed E-state index contributed by atoms with van der Waals surface area (Å²) in [4.78, 5) is 25.6. The number of ether oxygens (including phenoxy) is 2. The molecule has 160 valence electrons. The van der Waals surface area contributed by atoms with Crippen LogP contribution in [0.15, 0.2) is 42.5 Å². The summed E-state index contributed by atoms with van der Waals surface area (Å²) < 4.78 is 10.7. The molecule has 1 amide bonds. The molecule has 1 aliphatic heterocycles. The van der Waals surface area contributed by atoms with E-state index in [0.717, 1.165) is 31.7 Å². The molecule has 30 heavy (non-hydrogen) atoms. The van der Waals surface area contributed by atoms with Gasteiger partial charge in [0.15, 0.2) is 0 Å². The first-order chi connectivity index (χ1) is 14.5. The van der Waals surface area contributed by atoms with Crippen LogP contribution in [-0.4, -0.2) is 44.2 Å². The maximum atomic E-state index is 12.4. The van der Waals surface area contributed by atoms with Gasteiger partial charge in [-0.1, -0.05) is 6.92 Å². The van der Waals surface area contributed by atoms with E-state index in [2.05, 4.69) is 12.2 Å². The van der Waals surface area contributed by atoms with Crippen molar-refractivity contribution in [2.45, 2.75) is 19.8 Å². The second-order valence-corrected chi connectivity index (χ2v) is 7.41. The van der Waals surface area contributed by atoms with Gasteiger partial charge in [-0.2, -0.15) is 0 Å². The number of anilines is 1. The van der Waals surface area contributed by atoms with Gasteiger partial charge in [-0.3, -0.25) is 14.9 Å². The topological polar surface area (TPSA) is 93.9 Å². The normalized spacial score (nSPS) is 14.3. The molecule has 0 spiro atoms. The quantitative estimate of drug-likeness (QED) is 0.403. The Labute approximate surface area is 175 Å². The molecule has 0 unspecified atom stereocenters. The van der Waals surface area contributed by atoms with Crippen LogP contribution in [0, 0.1) is 16.0 Å². The summed E-state index contributed by atoms with van der Waals surface area (Å²) in [6, 6.07) is 11.8. The van der Waals surface area contributed by atoms with Crippen molar-refractivity contribution >= 4 is 17.3 Å². The molecule has 0 aromatic heterocycles. The molecule has 0 radical (unpaired) electrons. The third-order valence-electron chi connectivity index (χ3n) is 5.27. The molecule has 8 heteroatoms. The Kier molecular flexibility index (Phi) is 7.11. The molecule has 1 aliphatic rings. The van der Waals surface area contributed by atoms with Crippen molar-refractivity contribution in [2.75, 3.05) is 38.3 Å². The Morgan fingerprint density at radius 1 is 1.17 bits per heavy atom. The first-order valence-corrected chi connectivity index (χ1v) is 10.1. The van der Waals surface area contributed by atoms with Gasteiger partial charge in [-0.25, -0.2) is 0 Å². The highest BCUT2D eigenvalue weighted by molar-refractivity contribution is 5.95. The number of nitrogens with one attached hydrogen (secondary N) is 1. The van der Waals surface area contributed by atoms with Crippen molar-refractivity contribution in [3.63, 3.8) is 0 Å². The zero-order chi connectivity index (χ0) is 21.5. The second kappa shape index (κ2) is 9.96. The molecule has 0 atom stereocenters. The molecule has 2 aromatic rings. The molecule has 0 bridgehead atoms. The summed E-state index contributed by atoms with van der Waals surface area (Å²) in [5, 5.41) is 14.3. The van der Waals surface area contributed by atoms with Gasteiger partial charge in [0.1, 0.15) is 23.8 Å². The monoisotopic (exact) mass is 413 g/mol. The molecule has 0 aliphatic carbocycles. The van der Waals surface area contributed by atoms with Gasteiger partial charge in [0, 0.05) is 24.7 Å². The van der Waals surface area contributed by atoms with Gasteiger partial charge in [0.2, 0.25) is 0 Å². The number of carbonyl (C=O) groups is 1. The number of rotatable bonds is 8. The Balaban J connectivity index is 1.57. The summed E-state index contributed by atoms with van der Waals surface area (Å²) in [5.74, 6) is 1.67. The smallest absolute Gasteiger partial charge is 0.293 e. The predicted molar refractivity (Wildman–Crippen MR) is 115 cm³/mol. The molecular formula is C22H27N3O5. The molecule has 1 fully saturated rings. The van der Waals surface area contributed by atoms with Crippen LogP contribution >= 0.6 is 0 Å². The van der Waals surface area contributed by atoms with Gasteiger partial charge < -0.3 is 19.7 Å². The van der Waals surface area contributed by atoms with Gasteiger partial charge in [0.05, 0.1) is 18.6 Å². The number of methoxy groups -OCH3 is 1. The Morgan fingerprint density at radius 3 is 2.47 bits per heavy atom. The standard InChI is InChI=1S/C22H27N3O5/c1-16-9-12-24(13-10-16)20-8-3-17(15-21(20)25(27)28)22(26)23-11-14-30-19-6-4-18(29-2)5-7-19/h3-8,15-16H,9-14H2,1-2H3,(H,23,26). The maximum Gasteiger partial charge on any atom is 0.293 e. The third kappa shape index (κ3) is 5.40. The van der Waals surface area contributed by atoms with E-state index in [4.69, 9.17) is 9.47 Å². The van der Waals surface area contributed by atoms with Gasteiger partial charge in [0.25, 0.3) is 11.6 Å². The van der Waals surface area contributed by atoms with Crippen molar-refractivity contribution < 1.29 is 19.2 Å². The van der Waals surface area contributed by atoms with E-state index in [-0.39, 0.29) is 30.3 Å². The number of amides is 1. The minimum Gasteiger partial charge on any atom is -0.497 e. The van der Waals surface area contributed by atoms with Crippen LogP contribution in [0.1, 0.15) is 30.1 Å². The summed E-state index contributed by atoms with van der Waals surface area (Å²) in [5.41, 5.74) is 0.804. The highest BCUT2D eigenvalue weighted by atomic mass is 16.6. The van der Waals surface area contributed by atoms with E-state index >= 15 is 0 Å². The van der Waals surface area contributed by atoms with Crippen LogP contribution in [-0.2, 0) is 0 Å². The number of piperidine rings is 1. The zero-order valence-electron chi connectivity index (χ0n) is 17.3.